The van der Waals surface area contributed by atoms with Crippen molar-refractivity contribution in [1.82, 2.24) is 19.1 Å². The Morgan fingerprint density at radius 2 is 2.21 bits per heavy atom. The first-order valence-corrected chi connectivity index (χ1v) is 6.23. The molecule has 2 rings (SSSR count). The molecule has 2 heterocycles. The van der Waals surface area contributed by atoms with E-state index in [1.807, 2.05) is 0 Å². The van der Waals surface area contributed by atoms with Gasteiger partial charge < -0.3 is 10.1 Å². The van der Waals surface area contributed by atoms with Crippen LogP contribution in [0.1, 0.15) is 31.0 Å². The fourth-order valence-corrected chi connectivity index (χ4v) is 2.13. The SMILES string of the molecule is COC(C)c1nsc(Nc2cnn(C)c2C(F)F)n1. The molecule has 0 aromatic carbocycles. The average Bonchev–Trinajstić information content (AvgIpc) is 2.96. The maximum Gasteiger partial charge on any atom is 0.282 e. The molecule has 0 saturated heterocycles. The summed E-state index contributed by atoms with van der Waals surface area (Å²) in [6.07, 6.45) is -1.52. The van der Waals surface area contributed by atoms with Crippen LogP contribution in [-0.2, 0) is 11.8 Å². The lowest BCUT2D eigenvalue weighted by Gasteiger charge is -2.05. The first-order valence-electron chi connectivity index (χ1n) is 5.46. The number of nitrogens with zero attached hydrogens (tertiary/aromatic N) is 4. The third-order valence-electron chi connectivity index (χ3n) is 2.59. The van der Waals surface area contributed by atoms with Crippen molar-refractivity contribution in [2.24, 2.45) is 7.05 Å². The van der Waals surface area contributed by atoms with Crippen molar-refractivity contribution in [3.05, 3.63) is 17.7 Å². The lowest BCUT2D eigenvalue weighted by molar-refractivity contribution is 0.113. The van der Waals surface area contributed by atoms with Crippen LogP contribution in [0.3, 0.4) is 0 Å². The molecule has 0 bridgehead atoms. The standard InChI is InChI=1S/C10H13F2N5OS/c1-5(18-3)9-15-10(19-16-9)14-6-4-13-17(2)7(6)8(11)12/h4-5,8H,1-3H3,(H,14,15,16). The number of methoxy groups -OCH3 is 1. The first-order chi connectivity index (χ1) is 9.02. The van der Waals surface area contributed by atoms with E-state index >= 15 is 0 Å². The molecule has 0 aliphatic carbocycles. The van der Waals surface area contributed by atoms with E-state index < -0.39 is 6.43 Å². The minimum atomic E-state index is -2.61. The number of nitrogens with one attached hydrogen (secondary N) is 1. The fourth-order valence-electron chi connectivity index (χ4n) is 1.47. The number of hydrogen-bond donors (Lipinski definition) is 1. The Hall–Kier alpha value is -1.61. The van der Waals surface area contributed by atoms with Crippen LogP contribution in [0.4, 0.5) is 19.6 Å². The van der Waals surface area contributed by atoms with Crippen LogP contribution in [0, 0.1) is 0 Å². The molecule has 19 heavy (non-hydrogen) atoms. The van der Waals surface area contributed by atoms with Gasteiger partial charge >= 0.3 is 0 Å². The quantitative estimate of drug-likeness (QED) is 0.916. The van der Waals surface area contributed by atoms with Gasteiger partial charge in [-0.25, -0.2) is 13.8 Å². The number of rotatable bonds is 5. The molecule has 1 unspecified atom stereocenters. The van der Waals surface area contributed by atoms with Crippen molar-refractivity contribution in [3.8, 4) is 0 Å². The lowest BCUT2D eigenvalue weighted by Crippen LogP contribution is -2.02. The Bertz CT molecular complexity index is 556. The Morgan fingerprint density at radius 1 is 1.47 bits per heavy atom. The van der Waals surface area contributed by atoms with Gasteiger partial charge in [-0.15, -0.1) is 0 Å². The summed E-state index contributed by atoms with van der Waals surface area (Å²) in [6.45, 7) is 1.81. The molecule has 0 fully saturated rings. The van der Waals surface area contributed by atoms with Crippen molar-refractivity contribution >= 4 is 22.4 Å². The second kappa shape index (κ2) is 5.57. The Balaban J connectivity index is 2.20. The van der Waals surface area contributed by atoms with Gasteiger partial charge in [0.2, 0.25) is 5.13 Å². The van der Waals surface area contributed by atoms with Gasteiger partial charge in [-0.3, -0.25) is 4.68 Å². The third kappa shape index (κ3) is 2.87. The summed E-state index contributed by atoms with van der Waals surface area (Å²) in [6, 6.07) is 0. The monoisotopic (exact) mass is 289 g/mol. The topological polar surface area (TPSA) is 64.9 Å². The highest BCUT2D eigenvalue weighted by atomic mass is 32.1. The average molecular weight is 289 g/mol. The van der Waals surface area contributed by atoms with Crippen molar-refractivity contribution < 1.29 is 13.5 Å². The zero-order valence-electron chi connectivity index (χ0n) is 10.6. The van der Waals surface area contributed by atoms with E-state index in [1.165, 1.54) is 13.2 Å². The van der Waals surface area contributed by atoms with Crippen LogP contribution in [0.15, 0.2) is 6.20 Å². The van der Waals surface area contributed by atoms with Crippen molar-refractivity contribution in [2.75, 3.05) is 12.4 Å². The number of ether oxygens (including phenoxy) is 1. The van der Waals surface area contributed by atoms with E-state index in [1.54, 1.807) is 14.0 Å². The molecular weight excluding hydrogens is 276 g/mol. The van der Waals surface area contributed by atoms with Crippen LogP contribution in [0.5, 0.6) is 0 Å². The smallest absolute Gasteiger partial charge is 0.282 e. The van der Waals surface area contributed by atoms with Gasteiger partial charge in [-0.05, 0) is 6.92 Å². The molecular formula is C10H13F2N5OS. The number of hydrogen-bond acceptors (Lipinski definition) is 6. The van der Waals surface area contributed by atoms with Crippen molar-refractivity contribution in [1.29, 1.82) is 0 Å². The van der Waals surface area contributed by atoms with Crippen molar-refractivity contribution in [3.63, 3.8) is 0 Å². The van der Waals surface area contributed by atoms with Gasteiger partial charge in [0.1, 0.15) is 11.8 Å². The fraction of sp³-hybridized carbons (Fsp3) is 0.500. The summed E-state index contributed by atoms with van der Waals surface area (Å²) in [7, 11) is 3.01. The van der Waals surface area contributed by atoms with Gasteiger partial charge in [0.15, 0.2) is 5.82 Å². The minimum absolute atomic E-state index is 0.184. The molecule has 6 nitrogen and oxygen atoms in total. The molecule has 0 spiro atoms. The van der Waals surface area contributed by atoms with Crippen LogP contribution < -0.4 is 5.32 Å². The molecule has 1 atom stereocenters. The zero-order chi connectivity index (χ0) is 14.0. The first kappa shape index (κ1) is 13.8. The number of aromatic nitrogens is 4. The lowest BCUT2D eigenvalue weighted by atomic mass is 10.4. The molecule has 2 aromatic heterocycles. The van der Waals surface area contributed by atoms with Gasteiger partial charge in [0.05, 0.1) is 11.9 Å². The summed E-state index contributed by atoms with van der Waals surface area (Å²) in [5.41, 5.74) is 0.0433. The maximum atomic E-state index is 12.9. The molecule has 0 aliphatic heterocycles. The summed E-state index contributed by atoms with van der Waals surface area (Å²) in [5, 5.41) is 7.02. The van der Waals surface area contributed by atoms with E-state index in [9.17, 15) is 8.78 Å². The highest BCUT2D eigenvalue weighted by molar-refractivity contribution is 7.09. The Morgan fingerprint density at radius 3 is 2.84 bits per heavy atom. The van der Waals surface area contributed by atoms with Crippen LogP contribution in [0.2, 0.25) is 0 Å². The minimum Gasteiger partial charge on any atom is -0.374 e. The van der Waals surface area contributed by atoms with E-state index in [0.717, 1.165) is 16.2 Å². The number of halogens is 2. The highest BCUT2D eigenvalue weighted by Gasteiger charge is 2.20. The van der Waals surface area contributed by atoms with Gasteiger partial charge in [0.25, 0.3) is 6.43 Å². The van der Waals surface area contributed by atoms with Gasteiger partial charge in [0, 0.05) is 25.7 Å². The van der Waals surface area contributed by atoms with Crippen molar-refractivity contribution in [2.45, 2.75) is 19.5 Å². The number of anilines is 2. The molecule has 0 amide bonds. The summed E-state index contributed by atoms with van der Waals surface area (Å²) in [4.78, 5) is 4.18. The summed E-state index contributed by atoms with van der Waals surface area (Å²) >= 11 is 1.08. The van der Waals surface area contributed by atoms with Crippen LogP contribution in [-0.4, -0.2) is 26.2 Å². The second-order valence-corrected chi connectivity index (χ2v) is 4.58. The predicted molar refractivity (Wildman–Crippen MR) is 66.8 cm³/mol. The predicted octanol–water partition coefficient (Wildman–Crippen LogP) is 2.66. The molecule has 0 aliphatic rings. The molecule has 104 valence electrons. The van der Waals surface area contributed by atoms with Crippen LogP contribution >= 0.6 is 11.5 Å². The molecule has 1 N–H and O–H groups in total. The largest absolute Gasteiger partial charge is 0.374 e. The van der Waals surface area contributed by atoms with Crippen LogP contribution in [0.25, 0.3) is 0 Å². The van der Waals surface area contributed by atoms with Gasteiger partial charge in [-0.2, -0.15) is 9.47 Å². The normalized spacial score (nSPS) is 12.9. The van der Waals surface area contributed by atoms with E-state index in [0.29, 0.717) is 11.0 Å². The number of aryl methyl sites for hydroxylation is 1. The van der Waals surface area contributed by atoms with E-state index in [-0.39, 0.29) is 17.5 Å². The van der Waals surface area contributed by atoms with E-state index in [4.69, 9.17) is 4.74 Å². The molecule has 2 aromatic rings. The zero-order valence-corrected chi connectivity index (χ0v) is 11.4. The highest BCUT2D eigenvalue weighted by Crippen LogP contribution is 2.29. The molecule has 0 radical (unpaired) electrons. The second-order valence-electron chi connectivity index (χ2n) is 3.83. The third-order valence-corrected chi connectivity index (χ3v) is 3.24. The summed E-state index contributed by atoms with van der Waals surface area (Å²) in [5.74, 6) is 0.512. The van der Waals surface area contributed by atoms with E-state index in [2.05, 4.69) is 19.8 Å². The molecule has 0 saturated carbocycles. The summed E-state index contributed by atoms with van der Waals surface area (Å²) < 4.78 is 36.0. The Kier molecular flexibility index (Phi) is 4.05. The van der Waals surface area contributed by atoms with Gasteiger partial charge in [-0.1, -0.05) is 0 Å². The maximum absolute atomic E-state index is 12.9. The molecule has 9 heteroatoms. The Labute approximate surface area is 112 Å². The number of alkyl halides is 2.